The van der Waals surface area contributed by atoms with Crippen LogP contribution in [-0.2, 0) is 9.53 Å². The molecule has 110 valence electrons. The number of benzene rings is 1. The van der Waals surface area contributed by atoms with Crippen molar-refractivity contribution in [2.75, 3.05) is 7.11 Å². The summed E-state index contributed by atoms with van der Waals surface area (Å²) in [7, 11) is 1.31. The van der Waals surface area contributed by atoms with Gasteiger partial charge in [-0.2, -0.15) is 5.10 Å². The van der Waals surface area contributed by atoms with Crippen LogP contribution < -0.4 is 0 Å². The summed E-state index contributed by atoms with van der Waals surface area (Å²) in [6.07, 6.45) is 1.61. The lowest BCUT2D eigenvalue weighted by atomic mass is 10.1. The molecule has 1 aromatic heterocycles. The molecule has 0 fully saturated rings. The predicted octanol–water partition coefficient (Wildman–Crippen LogP) is 3.66. The van der Waals surface area contributed by atoms with E-state index in [0.29, 0.717) is 25.8 Å². The largest absolute Gasteiger partial charge is 0.506 e. The highest BCUT2D eigenvalue weighted by Gasteiger charge is 2.17. The zero-order valence-corrected chi connectivity index (χ0v) is 14.4. The van der Waals surface area contributed by atoms with Crippen molar-refractivity contribution in [3.05, 3.63) is 44.1 Å². The van der Waals surface area contributed by atoms with Gasteiger partial charge in [0.15, 0.2) is 0 Å². The molecule has 21 heavy (non-hydrogen) atoms. The van der Waals surface area contributed by atoms with E-state index in [1.165, 1.54) is 7.11 Å². The fraction of sp³-hybridized carbons (Fsp3) is 0.143. The van der Waals surface area contributed by atoms with Gasteiger partial charge in [0, 0.05) is 5.69 Å². The quantitative estimate of drug-likeness (QED) is 0.592. The Bertz CT molecular complexity index is 723. The molecule has 1 heterocycles. The van der Waals surface area contributed by atoms with Crippen LogP contribution in [0.1, 0.15) is 17.0 Å². The molecule has 0 amide bonds. The number of H-pyrrole nitrogens is 1. The van der Waals surface area contributed by atoms with Crippen molar-refractivity contribution < 1.29 is 14.6 Å². The molecule has 1 aromatic carbocycles. The van der Waals surface area contributed by atoms with Crippen LogP contribution in [0.4, 0.5) is 0 Å². The maximum absolute atomic E-state index is 12.0. The number of esters is 1. The third kappa shape index (κ3) is 3.36. The Labute approximate surface area is 138 Å². The Morgan fingerprint density at radius 3 is 2.71 bits per heavy atom. The number of nitrogens with zero attached hydrogens (tertiary/aromatic N) is 1. The minimum absolute atomic E-state index is 0.0613. The van der Waals surface area contributed by atoms with Crippen LogP contribution >= 0.6 is 31.9 Å². The van der Waals surface area contributed by atoms with Gasteiger partial charge in [0.2, 0.25) is 0 Å². The number of phenolic OH excluding ortho intramolecular Hbond substituents is 1. The highest BCUT2D eigenvalue weighted by Crippen LogP contribution is 2.36. The second kappa shape index (κ2) is 6.44. The fourth-order valence-electron chi connectivity index (χ4n) is 1.73. The zero-order valence-electron chi connectivity index (χ0n) is 11.3. The first-order valence-electron chi connectivity index (χ1n) is 5.93. The number of aromatic hydroxyl groups is 1. The molecule has 0 aliphatic carbocycles. The summed E-state index contributed by atoms with van der Waals surface area (Å²) in [4.78, 5) is 12.0. The number of halogens is 2. The molecule has 0 spiro atoms. The number of phenols is 1. The van der Waals surface area contributed by atoms with Gasteiger partial charge in [-0.15, -0.1) is 0 Å². The minimum atomic E-state index is -0.504. The van der Waals surface area contributed by atoms with Gasteiger partial charge in [0.1, 0.15) is 5.75 Å². The average molecular weight is 416 g/mol. The van der Waals surface area contributed by atoms with E-state index in [9.17, 15) is 9.90 Å². The van der Waals surface area contributed by atoms with Gasteiger partial charge in [-0.05, 0) is 62.6 Å². The van der Waals surface area contributed by atoms with Crippen molar-refractivity contribution in [2.24, 2.45) is 0 Å². The SMILES string of the molecule is COC(=O)/C(=C\c1ccc(Br)c(O)c1Br)c1cc(C)[nH]n1. The Morgan fingerprint density at radius 1 is 1.43 bits per heavy atom. The number of aromatic amines is 1. The molecular formula is C14H12Br2N2O3. The third-order valence-electron chi connectivity index (χ3n) is 2.78. The van der Waals surface area contributed by atoms with E-state index in [1.807, 2.05) is 6.92 Å². The molecule has 0 atom stereocenters. The normalized spacial score (nSPS) is 11.5. The summed E-state index contributed by atoms with van der Waals surface area (Å²) < 4.78 is 5.83. The second-order valence-electron chi connectivity index (χ2n) is 4.28. The number of methoxy groups -OCH3 is 1. The Kier molecular flexibility index (Phi) is 4.84. The number of rotatable bonds is 3. The topological polar surface area (TPSA) is 75.2 Å². The van der Waals surface area contributed by atoms with E-state index in [4.69, 9.17) is 4.74 Å². The van der Waals surface area contributed by atoms with Crippen molar-refractivity contribution >= 4 is 49.5 Å². The number of aryl methyl sites for hydroxylation is 1. The minimum Gasteiger partial charge on any atom is -0.506 e. The first-order valence-corrected chi connectivity index (χ1v) is 7.52. The molecule has 2 N–H and O–H groups in total. The fourth-order valence-corrected chi connectivity index (χ4v) is 2.78. The Morgan fingerprint density at radius 2 is 2.14 bits per heavy atom. The second-order valence-corrected chi connectivity index (χ2v) is 5.93. The van der Waals surface area contributed by atoms with Crippen LogP contribution in [0, 0.1) is 6.92 Å². The maximum atomic E-state index is 12.0. The van der Waals surface area contributed by atoms with Gasteiger partial charge in [-0.1, -0.05) is 6.07 Å². The summed E-state index contributed by atoms with van der Waals surface area (Å²) in [5.74, 6) is -0.443. The number of hydrogen-bond acceptors (Lipinski definition) is 4. The summed E-state index contributed by atoms with van der Waals surface area (Å²) in [6.45, 7) is 1.84. The lowest BCUT2D eigenvalue weighted by molar-refractivity contribution is -0.133. The first kappa shape index (κ1) is 15.8. The lowest BCUT2D eigenvalue weighted by Gasteiger charge is -2.06. The molecule has 0 saturated heterocycles. The Hall–Kier alpha value is -1.60. The highest BCUT2D eigenvalue weighted by atomic mass is 79.9. The van der Waals surface area contributed by atoms with Crippen LogP contribution in [0.15, 0.2) is 27.1 Å². The number of carbonyl (C=O) groups is 1. The number of aromatic nitrogens is 2. The molecular weight excluding hydrogens is 404 g/mol. The van der Waals surface area contributed by atoms with Crippen LogP contribution in [-0.4, -0.2) is 28.4 Å². The maximum Gasteiger partial charge on any atom is 0.340 e. The molecule has 0 aliphatic heterocycles. The molecule has 2 aromatic rings. The average Bonchev–Trinajstić information content (AvgIpc) is 2.89. The van der Waals surface area contributed by atoms with E-state index < -0.39 is 5.97 Å². The summed E-state index contributed by atoms with van der Waals surface area (Å²) >= 11 is 6.53. The predicted molar refractivity (Wildman–Crippen MR) is 86.7 cm³/mol. The molecule has 0 aliphatic rings. The molecule has 5 nitrogen and oxygen atoms in total. The van der Waals surface area contributed by atoms with Gasteiger partial charge in [0.05, 0.1) is 27.3 Å². The monoisotopic (exact) mass is 414 g/mol. The number of ether oxygens (including phenoxy) is 1. The summed E-state index contributed by atoms with van der Waals surface area (Å²) in [5.41, 5.74) is 2.24. The van der Waals surface area contributed by atoms with Crippen molar-refractivity contribution in [3.8, 4) is 5.75 Å². The molecule has 0 saturated carbocycles. The van der Waals surface area contributed by atoms with Crippen molar-refractivity contribution in [1.29, 1.82) is 0 Å². The molecule has 2 rings (SSSR count). The van der Waals surface area contributed by atoms with E-state index >= 15 is 0 Å². The molecule has 7 heteroatoms. The Balaban J connectivity index is 2.56. The van der Waals surface area contributed by atoms with Gasteiger partial charge < -0.3 is 9.84 Å². The van der Waals surface area contributed by atoms with Crippen LogP contribution in [0.2, 0.25) is 0 Å². The standard InChI is InChI=1S/C14H12Br2N2O3/c1-7-5-11(18-17-7)9(14(20)21-2)6-8-3-4-10(15)13(19)12(8)16/h3-6,19H,1-2H3,(H,17,18)/b9-6-. The molecule has 0 radical (unpaired) electrons. The van der Waals surface area contributed by atoms with E-state index in [1.54, 1.807) is 24.3 Å². The number of hydrogen-bond donors (Lipinski definition) is 2. The third-order valence-corrected chi connectivity index (χ3v) is 4.26. The number of nitrogens with one attached hydrogen (secondary N) is 1. The smallest absolute Gasteiger partial charge is 0.340 e. The van der Waals surface area contributed by atoms with E-state index in [-0.39, 0.29) is 5.75 Å². The van der Waals surface area contributed by atoms with E-state index in [0.717, 1.165) is 5.69 Å². The van der Waals surface area contributed by atoms with Crippen molar-refractivity contribution in [3.63, 3.8) is 0 Å². The summed E-state index contributed by atoms with van der Waals surface area (Å²) in [5, 5.41) is 16.8. The van der Waals surface area contributed by atoms with Gasteiger partial charge in [0.25, 0.3) is 0 Å². The summed E-state index contributed by atoms with van der Waals surface area (Å²) in [6, 6.07) is 5.20. The van der Waals surface area contributed by atoms with Gasteiger partial charge in [-0.3, -0.25) is 5.10 Å². The van der Waals surface area contributed by atoms with Crippen LogP contribution in [0.3, 0.4) is 0 Å². The van der Waals surface area contributed by atoms with Crippen LogP contribution in [0.5, 0.6) is 5.75 Å². The molecule has 0 unspecified atom stereocenters. The van der Waals surface area contributed by atoms with Gasteiger partial charge in [-0.25, -0.2) is 4.79 Å². The van der Waals surface area contributed by atoms with Crippen LogP contribution in [0.25, 0.3) is 11.6 Å². The van der Waals surface area contributed by atoms with Crippen molar-refractivity contribution in [2.45, 2.75) is 6.92 Å². The number of carbonyl (C=O) groups excluding carboxylic acids is 1. The van der Waals surface area contributed by atoms with Gasteiger partial charge >= 0.3 is 5.97 Å². The first-order chi connectivity index (χ1) is 9.93. The molecule has 0 bridgehead atoms. The highest BCUT2D eigenvalue weighted by molar-refractivity contribution is 9.11. The van der Waals surface area contributed by atoms with E-state index in [2.05, 4.69) is 42.1 Å². The van der Waals surface area contributed by atoms with Crippen molar-refractivity contribution in [1.82, 2.24) is 10.2 Å². The lowest BCUT2D eigenvalue weighted by Crippen LogP contribution is -2.04. The zero-order chi connectivity index (χ0) is 15.6.